The summed E-state index contributed by atoms with van der Waals surface area (Å²) < 4.78 is 4.87. The second-order valence-electron chi connectivity index (χ2n) is 4.71. The lowest BCUT2D eigenvalue weighted by Crippen LogP contribution is -2.35. The summed E-state index contributed by atoms with van der Waals surface area (Å²) in [7, 11) is 3.37. The average molecular weight is 213 g/mol. The van der Waals surface area contributed by atoms with Gasteiger partial charge in [0.15, 0.2) is 0 Å². The second kappa shape index (κ2) is 6.11. The number of carbonyl (C=O) groups excluding carboxylic acids is 1. The molecule has 0 aromatic carbocycles. The Morgan fingerprint density at radius 2 is 2.00 bits per heavy atom. The second-order valence-corrected chi connectivity index (χ2v) is 4.71. The highest BCUT2D eigenvalue weighted by atomic mass is 16.5. The first-order valence-corrected chi connectivity index (χ1v) is 5.91. The van der Waals surface area contributed by atoms with Crippen LogP contribution in [-0.4, -0.2) is 26.7 Å². The fraction of sp³-hybridized carbons (Fsp3) is 0.917. The largest absolute Gasteiger partial charge is 0.469 e. The van der Waals surface area contributed by atoms with E-state index in [2.05, 4.69) is 12.2 Å². The normalized spacial score (nSPS) is 28.5. The Bertz CT molecular complexity index is 198. The van der Waals surface area contributed by atoms with Gasteiger partial charge in [0, 0.05) is 6.54 Å². The van der Waals surface area contributed by atoms with Crippen LogP contribution in [0, 0.1) is 17.8 Å². The van der Waals surface area contributed by atoms with Gasteiger partial charge in [0.2, 0.25) is 0 Å². The zero-order chi connectivity index (χ0) is 11.3. The van der Waals surface area contributed by atoms with Crippen LogP contribution in [0.4, 0.5) is 0 Å². The molecule has 0 saturated heterocycles. The van der Waals surface area contributed by atoms with Gasteiger partial charge in [0.05, 0.1) is 13.0 Å². The van der Waals surface area contributed by atoms with E-state index in [4.69, 9.17) is 4.74 Å². The number of carbonyl (C=O) groups is 1. The van der Waals surface area contributed by atoms with Crippen LogP contribution in [0.3, 0.4) is 0 Å². The molecule has 1 aliphatic rings. The van der Waals surface area contributed by atoms with E-state index in [1.165, 1.54) is 32.8 Å². The van der Waals surface area contributed by atoms with Crippen molar-refractivity contribution in [3.63, 3.8) is 0 Å². The predicted molar refractivity (Wildman–Crippen MR) is 60.6 cm³/mol. The van der Waals surface area contributed by atoms with Gasteiger partial charge in [-0.15, -0.1) is 0 Å². The van der Waals surface area contributed by atoms with Crippen molar-refractivity contribution in [3.05, 3.63) is 0 Å². The highest BCUT2D eigenvalue weighted by molar-refractivity contribution is 5.72. The summed E-state index contributed by atoms with van der Waals surface area (Å²) in [6.07, 6.45) is 4.84. The monoisotopic (exact) mass is 213 g/mol. The molecular weight excluding hydrogens is 190 g/mol. The summed E-state index contributed by atoms with van der Waals surface area (Å²) in [5, 5.41) is 3.09. The van der Waals surface area contributed by atoms with Crippen molar-refractivity contribution < 1.29 is 9.53 Å². The summed E-state index contributed by atoms with van der Waals surface area (Å²) in [5.74, 6) is 1.34. The molecule has 0 heterocycles. The molecule has 1 unspecified atom stereocenters. The van der Waals surface area contributed by atoms with Crippen molar-refractivity contribution in [2.75, 3.05) is 20.7 Å². The highest BCUT2D eigenvalue weighted by Gasteiger charge is 2.31. The van der Waals surface area contributed by atoms with Crippen LogP contribution in [0.1, 0.15) is 32.6 Å². The van der Waals surface area contributed by atoms with E-state index in [1.54, 1.807) is 0 Å². The standard InChI is InChI=1S/C12H23NO2/c1-9-4-6-10(7-5-9)11(8-13-2)12(14)15-3/h9-11,13H,4-8H2,1-3H3. The number of hydrogen-bond acceptors (Lipinski definition) is 3. The number of methoxy groups -OCH3 is 1. The third kappa shape index (κ3) is 3.49. The van der Waals surface area contributed by atoms with Crippen molar-refractivity contribution in [2.45, 2.75) is 32.6 Å². The van der Waals surface area contributed by atoms with Crippen LogP contribution in [0.15, 0.2) is 0 Å². The van der Waals surface area contributed by atoms with Gasteiger partial charge in [0.25, 0.3) is 0 Å². The van der Waals surface area contributed by atoms with Crippen molar-refractivity contribution in [1.82, 2.24) is 5.32 Å². The Morgan fingerprint density at radius 3 is 2.47 bits per heavy atom. The molecule has 15 heavy (non-hydrogen) atoms. The lowest BCUT2D eigenvalue weighted by molar-refractivity contribution is -0.147. The topological polar surface area (TPSA) is 38.3 Å². The smallest absolute Gasteiger partial charge is 0.310 e. The van der Waals surface area contributed by atoms with E-state index >= 15 is 0 Å². The maximum Gasteiger partial charge on any atom is 0.310 e. The van der Waals surface area contributed by atoms with E-state index in [0.29, 0.717) is 5.92 Å². The molecule has 0 spiro atoms. The van der Waals surface area contributed by atoms with Crippen molar-refractivity contribution >= 4 is 5.97 Å². The Labute approximate surface area is 92.6 Å². The molecule has 1 aliphatic carbocycles. The first kappa shape index (κ1) is 12.5. The molecule has 0 aliphatic heterocycles. The maximum atomic E-state index is 11.6. The Hall–Kier alpha value is -0.570. The van der Waals surface area contributed by atoms with E-state index in [0.717, 1.165) is 12.5 Å². The molecule has 0 aromatic heterocycles. The molecule has 0 aromatic rings. The Morgan fingerprint density at radius 1 is 1.40 bits per heavy atom. The Balaban J connectivity index is 2.51. The molecule has 1 rings (SSSR count). The molecule has 88 valence electrons. The van der Waals surface area contributed by atoms with E-state index in [-0.39, 0.29) is 11.9 Å². The van der Waals surface area contributed by atoms with Crippen LogP contribution in [0.25, 0.3) is 0 Å². The minimum absolute atomic E-state index is 0.0486. The molecular formula is C12H23NO2. The lowest BCUT2D eigenvalue weighted by Gasteiger charge is -2.31. The van der Waals surface area contributed by atoms with Crippen LogP contribution in [0.5, 0.6) is 0 Å². The van der Waals surface area contributed by atoms with Gasteiger partial charge in [-0.05, 0) is 31.7 Å². The maximum absolute atomic E-state index is 11.6. The quantitative estimate of drug-likeness (QED) is 0.724. The SMILES string of the molecule is CNCC(C(=O)OC)C1CCC(C)CC1. The van der Waals surface area contributed by atoms with E-state index < -0.39 is 0 Å². The average Bonchev–Trinajstić information content (AvgIpc) is 2.26. The number of ether oxygens (including phenoxy) is 1. The number of esters is 1. The molecule has 0 radical (unpaired) electrons. The molecule has 1 N–H and O–H groups in total. The van der Waals surface area contributed by atoms with Gasteiger partial charge in [-0.25, -0.2) is 0 Å². The minimum atomic E-state index is -0.0519. The summed E-state index contributed by atoms with van der Waals surface area (Å²) in [6.45, 7) is 3.03. The van der Waals surface area contributed by atoms with Crippen LogP contribution >= 0.6 is 0 Å². The van der Waals surface area contributed by atoms with Crippen molar-refractivity contribution in [2.24, 2.45) is 17.8 Å². The zero-order valence-corrected chi connectivity index (χ0v) is 10.1. The van der Waals surface area contributed by atoms with Crippen molar-refractivity contribution in [1.29, 1.82) is 0 Å². The lowest BCUT2D eigenvalue weighted by atomic mass is 9.76. The molecule has 3 nitrogen and oxygen atoms in total. The minimum Gasteiger partial charge on any atom is -0.469 e. The van der Waals surface area contributed by atoms with Gasteiger partial charge in [-0.2, -0.15) is 0 Å². The first-order chi connectivity index (χ1) is 7.19. The van der Waals surface area contributed by atoms with Gasteiger partial charge in [-0.3, -0.25) is 4.79 Å². The number of rotatable bonds is 4. The van der Waals surface area contributed by atoms with Gasteiger partial charge in [-0.1, -0.05) is 19.8 Å². The molecule has 1 saturated carbocycles. The summed E-state index contributed by atoms with van der Waals surface area (Å²) >= 11 is 0. The van der Waals surface area contributed by atoms with Crippen LogP contribution < -0.4 is 5.32 Å². The van der Waals surface area contributed by atoms with Crippen LogP contribution in [0.2, 0.25) is 0 Å². The first-order valence-electron chi connectivity index (χ1n) is 5.91. The van der Waals surface area contributed by atoms with E-state index in [9.17, 15) is 4.79 Å². The highest BCUT2D eigenvalue weighted by Crippen LogP contribution is 2.33. The fourth-order valence-corrected chi connectivity index (χ4v) is 2.50. The van der Waals surface area contributed by atoms with Gasteiger partial charge < -0.3 is 10.1 Å². The fourth-order valence-electron chi connectivity index (χ4n) is 2.50. The molecule has 1 fully saturated rings. The predicted octanol–water partition coefficient (Wildman–Crippen LogP) is 1.82. The van der Waals surface area contributed by atoms with Gasteiger partial charge in [0.1, 0.15) is 0 Å². The Kier molecular flexibility index (Phi) is 5.09. The third-order valence-electron chi connectivity index (χ3n) is 3.56. The third-order valence-corrected chi connectivity index (χ3v) is 3.56. The summed E-state index contributed by atoms with van der Waals surface area (Å²) in [6, 6.07) is 0. The summed E-state index contributed by atoms with van der Waals surface area (Å²) in [4.78, 5) is 11.6. The molecule has 3 heteroatoms. The number of hydrogen-bond donors (Lipinski definition) is 1. The molecule has 0 bridgehead atoms. The molecule has 0 amide bonds. The number of nitrogens with one attached hydrogen (secondary N) is 1. The van der Waals surface area contributed by atoms with E-state index in [1.807, 2.05) is 7.05 Å². The zero-order valence-electron chi connectivity index (χ0n) is 10.1. The van der Waals surface area contributed by atoms with Crippen LogP contribution in [-0.2, 0) is 9.53 Å². The van der Waals surface area contributed by atoms with Crippen molar-refractivity contribution in [3.8, 4) is 0 Å². The summed E-state index contributed by atoms with van der Waals surface area (Å²) in [5.41, 5.74) is 0. The van der Waals surface area contributed by atoms with Gasteiger partial charge >= 0.3 is 5.97 Å². The molecule has 1 atom stereocenters.